The molecule has 5 rings (SSSR count). The molecule has 0 aliphatic rings. The van der Waals surface area contributed by atoms with Crippen molar-refractivity contribution in [1.82, 2.24) is 0 Å². The fraction of sp³-hybridized carbons (Fsp3) is 0.132. The van der Waals surface area contributed by atoms with Gasteiger partial charge in [0.05, 0.1) is 0 Å². The maximum Gasteiger partial charge on any atom is 0.573 e. The largest absolute Gasteiger partial charge is 0.573 e. The van der Waals surface area contributed by atoms with E-state index in [1.54, 1.807) is 61.5 Å². The van der Waals surface area contributed by atoms with Crippen LogP contribution in [-0.4, -0.2) is 37.0 Å². The first-order valence-corrected chi connectivity index (χ1v) is 14.9. The Balaban J connectivity index is 1.42. The summed E-state index contributed by atoms with van der Waals surface area (Å²) in [6.07, 6.45) is -7.81. The van der Waals surface area contributed by atoms with Crippen LogP contribution >= 0.6 is 0 Å². The Morgan fingerprint density at radius 3 is 1.56 bits per heavy atom. The second-order valence-corrected chi connectivity index (χ2v) is 10.8. The summed E-state index contributed by atoms with van der Waals surface area (Å²) in [5.41, 5.74) is 5.24. The van der Waals surface area contributed by atoms with Gasteiger partial charge in [-0.15, -0.1) is 26.3 Å². The molecule has 0 radical (unpaired) electrons. The van der Waals surface area contributed by atoms with E-state index in [-0.39, 0.29) is 18.1 Å². The molecule has 0 atom stereocenters. The minimum Gasteiger partial charge on any atom is -0.489 e. The number of benzene rings is 5. The van der Waals surface area contributed by atoms with E-state index < -0.39 is 25.3 Å². The molecule has 5 aromatic carbocycles. The van der Waals surface area contributed by atoms with Gasteiger partial charge in [0.2, 0.25) is 0 Å². The van der Waals surface area contributed by atoms with Crippen LogP contribution in [0.4, 0.5) is 26.3 Å². The molecule has 0 aliphatic heterocycles. The van der Waals surface area contributed by atoms with Crippen LogP contribution in [0.15, 0.2) is 121 Å². The molecule has 0 saturated carbocycles. The number of alkyl halides is 6. The van der Waals surface area contributed by atoms with Crippen molar-refractivity contribution in [2.75, 3.05) is 13.2 Å². The molecular formula is C38H28F6O6. The lowest BCUT2D eigenvalue weighted by Crippen LogP contribution is -2.17. The van der Waals surface area contributed by atoms with Crippen LogP contribution in [0.1, 0.15) is 16.7 Å². The normalized spacial score (nSPS) is 11.4. The molecule has 0 fully saturated rings. The van der Waals surface area contributed by atoms with Crippen molar-refractivity contribution >= 4 is 11.5 Å². The van der Waals surface area contributed by atoms with Crippen molar-refractivity contribution in [1.29, 1.82) is 0 Å². The average Bonchev–Trinajstić information content (AvgIpc) is 3.05. The van der Waals surface area contributed by atoms with Gasteiger partial charge in [0, 0.05) is 0 Å². The van der Waals surface area contributed by atoms with Crippen molar-refractivity contribution in [3.63, 3.8) is 0 Å². The van der Waals surface area contributed by atoms with Crippen molar-refractivity contribution in [2.45, 2.75) is 19.6 Å². The van der Waals surface area contributed by atoms with E-state index in [9.17, 15) is 31.1 Å². The average molecular weight is 695 g/mol. The first kappa shape index (κ1) is 35.4. The van der Waals surface area contributed by atoms with Crippen LogP contribution in [0.2, 0.25) is 0 Å². The molecule has 0 amide bonds. The number of aliphatic carboxylic acids is 1. The highest BCUT2D eigenvalue weighted by molar-refractivity contribution is 5.82. The molecule has 12 heteroatoms. The second kappa shape index (κ2) is 15.1. The second-order valence-electron chi connectivity index (χ2n) is 10.8. The van der Waals surface area contributed by atoms with Gasteiger partial charge in [-0.25, -0.2) is 4.79 Å². The Labute approximate surface area is 282 Å². The molecule has 1 N–H and O–H groups in total. The summed E-state index contributed by atoms with van der Waals surface area (Å²) in [5.74, 6) is -0.875. The Kier molecular flexibility index (Phi) is 10.7. The predicted octanol–water partition coefficient (Wildman–Crippen LogP) is 10.1. The Morgan fingerprint density at radius 2 is 1.12 bits per heavy atom. The molecular weight excluding hydrogens is 666 g/mol. The zero-order chi connectivity index (χ0) is 35.9. The zero-order valence-corrected chi connectivity index (χ0v) is 26.2. The van der Waals surface area contributed by atoms with Crippen LogP contribution in [0.3, 0.4) is 0 Å². The van der Waals surface area contributed by atoms with Gasteiger partial charge in [0.25, 0.3) is 0 Å². The van der Waals surface area contributed by atoms with Gasteiger partial charge in [0.1, 0.15) is 29.6 Å². The number of carbonyl (C=O) groups is 1. The van der Waals surface area contributed by atoms with E-state index in [0.717, 1.165) is 16.7 Å². The van der Waals surface area contributed by atoms with Crippen LogP contribution in [0, 0.1) is 6.92 Å². The summed E-state index contributed by atoms with van der Waals surface area (Å²) >= 11 is 0. The number of aryl methyl sites for hydroxylation is 1. The molecule has 0 spiro atoms. The van der Waals surface area contributed by atoms with Gasteiger partial charge in [0.15, 0.2) is 6.61 Å². The molecule has 0 unspecified atom stereocenters. The van der Waals surface area contributed by atoms with E-state index in [0.29, 0.717) is 39.3 Å². The summed E-state index contributed by atoms with van der Waals surface area (Å²) in [4.78, 5) is 10.8. The van der Waals surface area contributed by atoms with Gasteiger partial charge in [-0.3, -0.25) is 0 Å². The summed E-state index contributed by atoms with van der Waals surface area (Å²) in [6, 6.07) is 30.5. The Hall–Kier alpha value is -5.91. The highest BCUT2D eigenvalue weighted by Gasteiger charge is 2.32. The third-order valence-corrected chi connectivity index (χ3v) is 7.23. The van der Waals surface area contributed by atoms with Gasteiger partial charge >= 0.3 is 18.7 Å². The van der Waals surface area contributed by atoms with Crippen molar-refractivity contribution in [2.24, 2.45) is 0 Å². The zero-order valence-electron chi connectivity index (χ0n) is 26.2. The maximum atomic E-state index is 12.8. The first-order valence-electron chi connectivity index (χ1n) is 14.9. The number of rotatable bonds is 12. The molecule has 0 aromatic heterocycles. The highest BCUT2D eigenvalue weighted by Crippen LogP contribution is 2.33. The van der Waals surface area contributed by atoms with Crippen LogP contribution in [-0.2, 0) is 4.79 Å². The lowest BCUT2D eigenvalue weighted by molar-refractivity contribution is -0.275. The van der Waals surface area contributed by atoms with Gasteiger partial charge in [-0.1, -0.05) is 72.8 Å². The molecule has 0 heterocycles. The van der Waals surface area contributed by atoms with Crippen LogP contribution < -0.4 is 18.9 Å². The van der Waals surface area contributed by atoms with E-state index in [2.05, 4.69) is 9.47 Å². The first-order chi connectivity index (χ1) is 23.7. The molecule has 6 nitrogen and oxygen atoms in total. The topological polar surface area (TPSA) is 74.2 Å². The smallest absolute Gasteiger partial charge is 0.489 e. The van der Waals surface area contributed by atoms with Gasteiger partial charge < -0.3 is 24.1 Å². The molecule has 5 aromatic rings. The molecule has 258 valence electrons. The summed E-state index contributed by atoms with van der Waals surface area (Å²) in [5, 5.41) is 8.88. The van der Waals surface area contributed by atoms with Crippen LogP contribution in [0.5, 0.6) is 23.0 Å². The van der Waals surface area contributed by atoms with Crippen molar-refractivity contribution < 1.29 is 55.2 Å². The molecule has 0 saturated heterocycles. The standard InChI is InChI=1S/C38H28F6O6/c1-24-20-31(16-17-35(24)48-23-36(45)46)47-19-18-34(27-12-8-25(9-13-27)29-4-2-6-32(21-29)49-37(39,40)41)28-14-10-26(11-15-28)30-5-3-7-33(22-30)50-38(42,43)44/h2-18,20-22H,19,23H2,1H3,(H,45,46). The number of hydrogen-bond acceptors (Lipinski definition) is 5. The van der Waals surface area contributed by atoms with Crippen molar-refractivity contribution in [3.05, 3.63) is 138 Å². The highest BCUT2D eigenvalue weighted by atomic mass is 19.4. The summed E-state index contributed by atoms with van der Waals surface area (Å²) in [7, 11) is 0. The minimum absolute atomic E-state index is 0.112. The van der Waals surface area contributed by atoms with Crippen molar-refractivity contribution in [3.8, 4) is 45.3 Å². The molecule has 0 aliphatic carbocycles. The van der Waals surface area contributed by atoms with E-state index in [1.165, 1.54) is 36.4 Å². The fourth-order valence-electron chi connectivity index (χ4n) is 5.07. The minimum atomic E-state index is -4.83. The fourth-order valence-corrected chi connectivity index (χ4v) is 5.07. The SMILES string of the molecule is Cc1cc(OCC=C(c2ccc(-c3cccc(OC(F)(F)F)c3)cc2)c2ccc(-c3cccc(OC(F)(F)F)c3)cc2)ccc1OCC(=O)O. The maximum absolute atomic E-state index is 12.8. The molecule has 50 heavy (non-hydrogen) atoms. The van der Waals surface area contributed by atoms with E-state index in [1.807, 2.05) is 30.3 Å². The third-order valence-electron chi connectivity index (χ3n) is 7.23. The monoisotopic (exact) mass is 694 g/mol. The number of carboxylic acids is 1. The molecule has 0 bridgehead atoms. The summed E-state index contributed by atoms with van der Waals surface area (Å²) in [6.45, 7) is 1.38. The third kappa shape index (κ3) is 10.0. The lowest BCUT2D eigenvalue weighted by atomic mass is 9.94. The van der Waals surface area contributed by atoms with Gasteiger partial charge in [-0.2, -0.15) is 0 Å². The Morgan fingerprint density at radius 1 is 0.620 bits per heavy atom. The van der Waals surface area contributed by atoms with E-state index >= 15 is 0 Å². The number of carboxylic acid groups (broad SMARTS) is 1. The lowest BCUT2D eigenvalue weighted by Gasteiger charge is -2.14. The quantitative estimate of drug-likeness (QED) is 0.131. The number of ether oxygens (including phenoxy) is 4. The number of halogens is 6. The predicted molar refractivity (Wildman–Crippen MR) is 174 cm³/mol. The van der Waals surface area contributed by atoms with E-state index in [4.69, 9.17) is 14.6 Å². The number of hydrogen-bond donors (Lipinski definition) is 1. The Bertz CT molecular complexity index is 1860. The van der Waals surface area contributed by atoms with Gasteiger partial charge in [-0.05, 0) is 100.0 Å². The summed E-state index contributed by atoms with van der Waals surface area (Å²) < 4.78 is 96.0. The van der Waals surface area contributed by atoms with Crippen LogP contribution in [0.25, 0.3) is 27.8 Å².